The van der Waals surface area contributed by atoms with Gasteiger partial charge in [-0.25, -0.2) is 0 Å². The molecule has 4 heteroatoms. The van der Waals surface area contributed by atoms with E-state index in [0.717, 1.165) is 14.7 Å². The summed E-state index contributed by atoms with van der Waals surface area (Å²) < 4.78 is 2.17. The number of thiophene rings is 1. The van der Waals surface area contributed by atoms with Crippen molar-refractivity contribution in [3.8, 4) is 0 Å². The zero-order valence-electron chi connectivity index (χ0n) is 10.4. The van der Waals surface area contributed by atoms with Gasteiger partial charge < -0.3 is 0 Å². The minimum Gasteiger partial charge on any atom is -0.130 e. The maximum atomic E-state index is 6.55. The second-order valence-corrected chi connectivity index (χ2v) is 8.41. The highest BCUT2D eigenvalue weighted by atomic mass is 79.9. The SMILES string of the molecule is ClC(Cc1ccc2ccccc2c1)c1cc(Br)c(Br)s1. The summed E-state index contributed by atoms with van der Waals surface area (Å²) in [6.07, 6.45) is 0.839. The lowest BCUT2D eigenvalue weighted by molar-refractivity contribution is 0.941. The van der Waals surface area contributed by atoms with Crippen molar-refractivity contribution < 1.29 is 0 Å². The standard InChI is InChI=1S/C16H11Br2ClS/c17-13-9-15(20-16(13)18)14(19)8-10-5-6-11-3-1-2-4-12(11)7-10/h1-7,9,14H,8H2. The van der Waals surface area contributed by atoms with Gasteiger partial charge in [0.1, 0.15) is 0 Å². The number of benzene rings is 2. The van der Waals surface area contributed by atoms with Crippen LogP contribution in [-0.2, 0) is 6.42 Å². The average Bonchev–Trinajstić information content (AvgIpc) is 2.79. The van der Waals surface area contributed by atoms with E-state index in [2.05, 4.69) is 80.4 Å². The molecule has 3 aromatic rings. The zero-order valence-corrected chi connectivity index (χ0v) is 15.2. The lowest BCUT2D eigenvalue weighted by Crippen LogP contribution is -1.93. The molecule has 0 aliphatic heterocycles. The van der Waals surface area contributed by atoms with Gasteiger partial charge in [-0.2, -0.15) is 0 Å². The van der Waals surface area contributed by atoms with Crippen molar-refractivity contribution in [2.45, 2.75) is 11.8 Å². The summed E-state index contributed by atoms with van der Waals surface area (Å²) in [6, 6.07) is 17.0. The number of rotatable bonds is 3. The minimum atomic E-state index is 0.00348. The Kier molecular flexibility index (Phi) is 4.51. The van der Waals surface area contributed by atoms with Crippen molar-refractivity contribution in [2.75, 3.05) is 0 Å². The summed E-state index contributed by atoms with van der Waals surface area (Å²) in [5.74, 6) is 0. The van der Waals surface area contributed by atoms with Crippen molar-refractivity contribution in [3.63, 3.8) is 0 Å². The molecule has 0 radical (unpaired) electrons. The molecule has 0 N–H and O–H groups in total. The minimum absolute atomic E-state index is 0.00348. The van der Waals surface area contributed by atoms with E-state index in [1.807, 2.05) is 0 Å². The van der Waals surface area contributed by atoms with Crippen LogP contribution in [0.5, 0.6) is 0 Å². The van der Waals surface area contributed by atoms with Crippen LogP contribution in [0, 0.1) is 0 Å². The Morgan fingerprint density at radius 1 is 1.00 bits per heavy atom. The fourth-order valence-electron chi connectivity index (χ4n) is 2.19. The van der Waals surface area contributed by atoms with Crippen LogP contribution in [0.1, 0.15) is 15.8 Å². The molecule has 0 amide bonds. The smallest absolute Gasteiger partial charge is 0.0843 e. The first-order valence-corrected chi connectivity index (χ1v) is 9.04. The topological polar surface area (TPSA) is 0 Å². The van der Waals surface area contributed by atoms with Crippen LogP contribution in [-0.4, -0.2) is 0 Å². The van der Waals surface area contributed by atoms with Gasteiger partial charge in [-0.1, -0.05) is 42.5 Å². The van der Waals surface area contributed by atoms with E-state index in [4.69, 9.17) is 11.6 Å². The van der Waals surface area contributed by atoms with Crippen molar-refractivity contribution >= 4 is 65.6 Å². The van der Waals surface area contributed by atoms with E-state index in [1.54, 1.807) is 11.3 Å². The van der Waals surface area contributed by atoms with Gasteiger partial charge in [-0.3, -0.25) is 0 Å². The van der Waals surface area contributed by atoms with Crippen molar-refractivity contribution in [1.82, 2.24) is 0 Å². The Bertz CT molecular complexity index is 732. The molecule has 20 heavy (non-hydrogen) atoms. The van der Waals surface area contributed by atoms with E-state index >= 15 is 0 Å². The lowest BCUT2D eigenvalue weighted by Gasteiger charge is -2.08. The quantitative estimate of drug-likeness (QED) is 0.395. The van der Waals surface area contributed by atoms with Crippen LogP contribution in [0.2, 0.25) is 0 Å². The van der Waals surface area contributed by atoms with Gasteiger partial charge in [0, 0.05) is 9.35 Å². The molecular formula is C16H11Br2ClS. The van der Waals surface area contributed by atoms with E-state index in [1.165, 1.54) is 21.2 Å². The van der Waals surface area contributed by atoms with Gasteiger partial charge in [0.25, 0.3) is 0 Å². The molecule has 2 aromatic carbocycles. The van der Waals surface area contributed by atoms with Gasteiger partial charge in [-0.15, -0.1) is 22.9 Å². The zero-order chi connectivity index (χ0) is 14.1. The third-order valence-electron chi connectivity index (χ3n) is 3.20. The molecule has 1 atom stereocenters. The third-order valence-corrected chi connectivity index (χ3v) is 7.09. The monoisotopic (exact) mass is 428 g/mol. The number of hydrogen-bond acceptors (Lipinski definition) is 1. The summed E-state index contributed by atoms with van der Waals surface area (Å²) in [5.41, 5.74) is 1.27. The third kappa shape index (κ3) is 3.11. The highest BCUT2D eigenvalue weighted by molar-refractivity contribution is 9.13. The molecule has 3 rings (SSSR count). The largest absolute Gasteiger partial charge is 0.130 e. The lowest BCUT2D eigenvalue weighted by atomic mass is 10.0. The van der Waals surface area contributed by atoms with Crippen LogP contribution < -0.4 is 0 Å². The maximum absolute atomic E-state index is 6.55. The van der Waals surface area contributed by atoms with E-state index in [9.17, 15) is 0 Å². The fraction of sp³-hybridized carbons (Fsp3) is 0.125. The highest BCUT2D eigenvalue weighted by Crippen LogP contribution is 2.39. The van der Waals surface area contributed by atoms with E-state index < -0.39 is 0 Å². The maximum Gasteiger partial charge on any atom is 0.0843 e. The Labute approximate surface area is 144 Å². The van der Waals surface area contributed by atoms with E-state index in [0.29, 0.717) is 0 Å². The van der Waals surface area contributed by atoms with Gasteiger partial charge >= 0.3 is 0 Å². The Balaban J connectivity index is 1.85. The fourth-order valence-corrected chi connectivity index (χ4v) is 4.63. The number of fused-ring (bicyclic) bond motifs is 1. The van der Waals surface area contributed by atoms with Crippen molar-refractivity contribution in [2.24, 2.45) is 0 Å². The van der Waals surface area contributed by atoms with Gasteiger partial charge in [0.2, 0.25) is 0 Å². The summed E-state index contributed by atoms with van der Waals surface area (Å²) in [7, 11) is 0. The molecule has 1 aromatic heterocycles. The predicted molar refractivity (Wildman–Crippen MR) is 96.0 cm³/mol. The molecular weight excluding hydrogens is 420 g/mol. The molecule has 1 heterocycles. The molecule has 0 saturated carbocycles. The summed E-state index contributed by atoms with van der Waals surface area (Å²) in [6.45, 7) is 0. The van der Waals surface area contributed by atoms with Crippen LogP contribution in [0.3, 0.4) is 0 Å². The first-order valence-electron chi connectivity index (χ1n) is 6.20. The summed E-state index contributed by atoms with van der Waals surface area (Å²) >= 11 is 15.3. The normalized spacial score (nSPS) is 12.8. The van der Waals surface area contributed by atoms with Crippen LogP contribution >= 0.6 is 54.8 Å². The van der Waals surface area contributed by atoms with Crippen LogP contribution in [0.25, 0.3) is 10.8 Å². The molecule has 0 aliphatic carbocycles. The molecule has 102 valence electrons. The summed E-state index contributed by atoms with van der Waals surface area (Å²) in [5, 5.41) is 2.54. The molecule has 0 fully saturated rings. The first-order chi connectivity index (χ1) is 9.63. The second-order valence-electron chi connectivity index (χ2n) is 4.62. The highest BCUT2D eigenvalue weighted by Gasteiger charge is 2.14. The van der Waals surface area contributed by atoms with Gasteiger partial charge in [0.15, 0.2) is 0 Å². The Morgan fingerprint density at radius 3 is 2.45 bits per heavy atom. The molecule has 0 aliphatic rings. The van der Waals surface area contributed by atoms with Gasteiger partial charge in [0.05, 0.1) is 9.16 Å². The molecule has 0 spiro atoms. The molecule has 0 saturated heterocycles. The summed E-state index contributed by atoms with van der Waals surface area (Å²) in [4.78, 5) is 1.18. The van der Waals surface area contributed by atoms with Gasteiger partial charge in [-0.05, 0) is 60.7 Å². The number of halogens is 3. The van der Waals surface area contributed by atoms with Crippen LogP contribution in [0.15, 0.2) is 56.8 Å². The predicted octanol–water partition coefficient (Wildman–Crippen LogP) is 6.95. The molecule has 0 bridgehead atoms. The van der Waals surface area contributed by atoms with E-state index in [-0.39, 0.29) is 5.38 Å². The second kappa shape index (κ2) is 6.18. The van der Waals surface area contributed by atoms with Crippen LogP contribution in [0.4, 0.5) is 0 Å². The average molecular weight is 431 g/mol. The molecule has 0 nitrogen and oxygen atoms in total. The van der Waals surface area contributed by atoms with Crippen molar-refractivity contribution in [1.29, 1.82) is 0 Å². The Morgan fingerprint density at radius 2 is 1.75 bits per heavy atom. The Hall–Kier alpha value is -0.350. The number of alkyl halides is 1. The molecule has 1 unspecified atom stereocenters. The number of hydrogen-bond donors (Lipinski definition) is 0. The first kappa shape index (κ1) is 14.6. The van der Waals surface area contributed by atoms with Crippen molar-refractivity contribution in [3.05, 3.63) is 67.2 Å².